The van der Waals surface area contributed by atoms with Crippen LogP contribution in [0.15, 0.2) is 24.3 Å². The molecule has 0 aliphatic rings. The minimum atomic E-state index is -1.77. The molecule has 32 heavy (non-hydrogen) atoms. The molecule has 1 N–H and O–H groups in total. The van der Waals surface area contributed by atoms with E-state index in [1.54, 1.807) is 14.2 Å². The van der Waals surface area contributed by atoms with Crippen molar-refractivity contribution in [2.75, 3.05) is 27.4 Å². The van der Waals surface area contributed by atoms with E-state index < -0.39 is 8.32 Å². The first kappa shape index (κ1) is 24.1. The fourth-order valence-electron chi connectivity index (χ4n) is 3.44. The van der Waals surface area contributed by atoms with E-state index in [0.717, 1.165) is 39.3 Å². The standard InChI is InChI=1S/C25H36N2O4Si/c1-16-12-18(24-26-20-14-19(28-6)15-21(29-7)22(20)27-24)13-17(2)23(16)30-10-11-31-32(8,9)25(3,4)5/h12-15H,10-11H2,1-9H3,(H,26,27). The molecule has 0 spiro atoms. The Bertz CT molecular complexity index is 1080. The van der Waals surface area contributed by atoms with Crippen molar-refractivity contribution in [2.45, 2.75) is 52.8 Å². The van der Waals surface area contributed by atoms with Gasteiger partial charge in [-0.1, -0.05) is 20.8 Å². The Hall–Kier alpha value is -2.51. The number of aryl methyl sites for hydroxylation is 2. The lowest BCUT2D eigenvalue weighted by atomic mass is 10.1. The quantitative estimate of drug-likeness (QED) is 0.320. The van der Waals surface area contributed by atoms with Gasteiger partial charge in [-0.2, -0.15) is 0 Å². The molecule has 0 aliphatic carbocycles. The molecule has 0 aliphatic heterocycles. The molecular formula is C25H36N2O4Si. The largest absolute Gasteiger partial charge is 0.497 e. The van der Waals surface area contributed by atoms with E-state index in [0.29, 0.717) is 24.7 Å². The van der Waals surface area contributed by atoms with E-state index >= 15 is 0 Å². The molecule has 0 unspecified atom stereocenters. The third kappa shape index (κ3) is 4.94. The summed E-state index contributed by atoms with van der Waals surface area (Å²) in [6.07, 6.45) is 0. The number of nitrogens with zero attached hydrogens (tertiary/aromatic N) is 1. The van der Waals surface area contributed by atoms with Crippen LogP contribution in [-0.2, 0) is 4.43 Å². The van der Waals surface area contributed by atoms with Crippen LogP contribution in [0.4, 0.5) is 0 Å². The number of aromatic nitrogens is 2. The number of aromatic amines is 1. The zero-order valence-corrected chi connectivity index (χ0v) is 21.8. The van der Waals surface area contributed by atoms with Crippen molar-refractivity contribution in [1.29, 1.82) is 0 Å². The third-order valence-electron chi connectivity index (χ3n) is 6.32. The lowest BCUT2D eigenvalue weighted by Crippen LogP contribution is -2.41. The van der Waals surface area contributed by atoms with Crippen molar-refractivity contribution in [3.63, 3.8) is 0 Å². The second-order valence-electron chi connectivity index (χ2n) is 9.71. The van der Waals surface area contributed by atoms with E-state index in [4.69, 9.17) is 23.6 Å². The van der Waals surface area contributed by atoms with E-state index in [1.807, 2.05) is 12.1 Å². The van der Waals surface area contributed by atoms with Gasteiger partial charge in [-0.3, -0.25) is 0 Å². The summed E-state index contributed by atoms with van der Waals surface area (Å²) in [5.41, 5.74) is 4.79. The van der Waals surface area contributed by atoms with Gasteiger partial charge in [0.1, 0.15) is 35.2 Å². The average molecular weight is 457 g/mol. The number of imidazole rings is 1. The Kier molecular flexibility index (Phi) is 6.90. The van der Waals surface area contributed by atoms with Gasteiger partial charge in [0, 0.05) is 17.7 Å². The Morgan fingerprint density at radius 1 is 0.938 bits per heavy atom. The Balaban J connectivity index is 1.79. The summed E-state index contributed by atoms with van der Waals surface area (Å²) in [4.78, 5) is 8.16. The van der Waals surface area contributed by atoms with Gasteiger partial charge < -0.3 is 23.6 Å². The smallest absolute Gasteiger partial charge is 0.192 e. The molecule has 0 saturated carbocycles. The van der Waals surface area contributed by atoms with Gasteiger partial charge in [-0.15, -0.1) is 0 Å². The Labute approximate surface area is 192 Å². The molecule has 3 aromatic rings. The first-order valence-electron chi connectivity index (χ1n) is 11.0. The highest BCUT2D eigenvalue weighted by Gasteiger charge is 2.36. The maximum absolute atomic E-state index is 6.24. The van der Waals surface area contributed by atoms with Crippen molar-refractivity contribution in [3.8, 4) is 28.6 Å². The number of benzene rings is 2. The van der Waals surface area contributed by atoms with Crippen LogP contribution in [0, 0.1) is 13.8 Å². The van der Waals surface area contributed by atoms with Gasteiger partial charge in [0.15, 0.2) is 8.32 Å². The normalized spacial score (nSPS) is 12.3. The zero-order valence-electron chi connectivity index (χ0n) is 20.8. The molecule has 2 aromatic carbocycles. The lowest BCUT2D eigenvalue weighted by Gasteiger charge is -2.36. The molecule has 1 heterocycles. The molecule has 0 atom stereocenters. The zero-order chi connectivity index (χ0) is 23.7. The lowest BCUT2D eigenvalue weighted by molar-refractivity contribution is 0.202. The number of rotatable bonds is 8. The summed E-state index contributed by atoms with van der Waals surface area (Å²) in [7, 11) is 1.51. The van der Waals surface area contributed by atoms with Crippen LogP contribution in [0.2, 0.25) is 18.1 Å². The van der Waals surface area contributed by atoms with Crippen molar-refractivity contribution < 1.29 is 18.6 Å². The van der Waals surface area contributed by atoms with E-state index in [-0.39, 0.29) is 5.04 Å². The fourth-order valence-corrected chi connectivity index (χ4v) is 4.47. The van der Waals surface area contributed by atoms with Crippen LogP contribution in [0.3, 0.4) is 0 Å². The van der Waals surface area contributed by atoms with Gasteiger partial charge in [-0.25, -0.2) is 4.98 Å². The summed E-state index contributed by atoms with van der Waals surface area (Å²) in [6.45, 7) is 16.5. The molecular weight excluding hydrogens is 420 g/mol. The Morgan fingerprint density at radius 2 is 1.59 bits per heavy atom. The second-order valence-corrected chi connectivity index (χ2v) is 14.5. The summed E-state index contributed by atoms with van der Waals surface area (Å²) in [5.74, 6) is 3.10. The van der Waals surface area contributed by atoms with Crippen molar-refractivity contribution in [1.82, 2.24) is 9.97 Å². The first-order chi connectivity index (χ1) is 15.0. The number of ether oxygens (including phenoxy) is 3. The van der Waals surface area contributed by atoms with Crippen molar-refractivity contribution in [3.05, 3.63) is 35.4 Å². The van der Waals surface area contributed by atoms with Crippen molar-refractivity contribution >= 4 is 19.4 Å². The number of H-pyrrole nitrogens is 1. The van der Waals surface area contributed by atoms with Crippen LogP contribution in [-0.4, -0.2) is 45.7 Å². The molecule has 0 bridgehead atoms. The highest BCUT2D eigenvalue weighted by atomic mass is 28.4. The second kappa shape index (κ2) is 9.15. The fraction of sp³-hybridized carbons (Fsp3) is 0.480. The predicted molar refractivity (Wildman–Crippen MR) is 133 cm³/mol. The van der Waals surface area contributed by atoms with E-state index in [9.17, 15) is 0 Å². The summed E-state index contributed by atoms with van der Waals surface area (Å²) >= 11 is 0. The topological polar surface area (TPSA) is 65.6 Å². The van der Waals surface area contributed by atoms with Crippen LogP contribution in [0.5, 0.6) is 17.2 Å². The molecule has 174 valence electrons. The first-order valence-corrected chi connectivity index (χ1v) is 13.9. The predicted octanol–water partition coefficient (Wildman–Crippen LogP) is 6.26. The van der Waals surface area contributed by atoms with Gasteiger partial charge >= 0.3 is 0 Å². The average Bonchev–Trinajstić information content (AvgIpc) is 3.15. The molecule has 7 heteroatoms. The molecule has 0 fully saturated rings. The Morgan fingerprint density at radius 3 is 2.16 bits per heavy atom. The van der Waals surface area contributed by atoms with Gasteiger partial charge in [0.05, 0.1) is 26.3 Å². The minimum absolute atomic E-state index is 0.194. The minimum Gasteiger partial charge on any atom is -0.497 e. The van der Waals surface area contributed by atoms with Crippen LogP contribution < -0.4 is 14.2 Å². The van der Waals surface area contributed by atoms with Crippen LogP contribution >= 0.6 is 0 Å². The number of hydrogen-bond donors (Lipinski definition) is 1. The number of fused-ring (bicyclic) bond motifs is 1. The van der Waals surface area contributed by atoms with Crippen LogP contribution in [0.1, 0.15) is 31.9 Å². The monoisotopic (exact) mass is 456 g/mol. The summed E-state index contributed by atoms with van der Waals surface area (Å²) in [6, 6.07) is 7.94. The molecule has 0 radical (unpaired) electrons. The van der Waals surface area contributed by atoms with Crippen LogP contribution in [0.25, 0.3) is 22.4 Å². The molecule has 3 rings (SSSR count). The molecule has 6 nitrogen and oxygen atoms in total. The molecule has 0 saturated heterocycles. The number of nitrogens with one attached hydrogen (secondary N) is 1. The summed E-state index contributed by atoms with van der Waals surface area (Å²) < 4.78 is 23.2. The molecule has 1 aromatic heterocycles. The van der Waals surface area contributed by atoms with Gasteiger partial charge in [0.2, 0.25) is 0 Å². The van der Waals surface area contributed by atoms with Crippen molar-refractivity contribution in [2.24, 2.45) is 0 Å². The number of hydrogen-bond acceptors (Lipinski definition) is 5. The van der Waals surface area contributed by atoms with Gasteiger partial charge in [-0.05, 0) is 55.2 Å². The maximum atomic E-state index is 6.24. The molecule has 0 amide bonds. The van der Waals surface area contributed by atoms with E-state index in [2.05, 4.69) is 64.8 Å². The van der Waals surface area contributed by atoms with Gasteiger partial charge in [0.25, 0.3) is 0 Å². The maximum Gasteiger partial charge on any atom is 0.192 e. The SMILES string of the molecule is COc1cc(OC)c2[nH]c(-c3cc(C)c(OCCO[Si](C)(C)C(C)(C)C)c(C)c3)nc2c1. The van der Waals surface area contributed by atoms with E-state index in [1.165, 1.54) is 0 Å². The number of methoxy groups -OCH3 is 2. The third-order valence-corrected chi connectivity index (χ3v) is 10.9. The highest BCUT2D eigenvalue weighted by Crippen LogP contribution is 2.37. The highest BCUT2D eigenvalue weighted by molar-refractivity contribution is 6.74. The summed E-state index contributed by atoms with van der Waals surface area (Å²) in [5, 5.41) is 0.194.